The van der Waals surface area contributed by atoms with Crippen LogP contribution in [0.15, 0.2) is 23.1 Å². The highest BCUT2D eigenvalue weighted by molar-refractivity contribution is 7.97. The van der Waals surface area contributed by atoms with E-state index in [2.05, 4.69) is 37.9 Å². The smallest absolute Gasteiger partial charge is 0.270 e. The molecule has 0 saturated heterocycles. The van der Waals surface area contributed by atoms with Gasteiger partial charge in [-0.3, -0.25) is 10.1 Å². The normalized spacial score (nSPS) is 24.9. The van der Waals surface area contributed by atoms with Crippen LogP contribution in [0.25, 0.3) is 0 Å². The molecule has 0 radical (unpaired) electrons. The van der Waals surface area contributed by atoms with Gasteiger partial charge in [0.2, 0.25) is 0 Å². The third-order valence-electron chi connectivity index (χ3n) is 6.39. The van der Waals surface area contributed by atoms with Crippen molar-refractivity contribution in [2.24, 2.45) is 17.8 Å². The average molecular weight is 482 g/mol. The summed E-state index contributed by atoms with van der Waals surface area (Å²) in [5, 5.41) is 24.4. The first-order valence-corrected chi connectivity index (χ1v) is 12.6. The number of benzene rings is 1. The van der Waals surface area contributed by atoms with Crippen LogP contribution in [0.1, 0.15) is 72.8 Å². The lowest BCUT2D eigenvalue weighted by atomic mass is 9.69. The summed E-state index contributed by atoms with van der Waals surface area (Å²) in [4.78, 5) is 21.7. The highest BCUT2D eigenvalue weighted by Gasteiger charge is 2.38. The highest BCUT2D eigenvalue weighted by atomic mass is 32.2. The fourth-order valence-corrected chi connectivity index (χ4v) is 5.45. The van der Waals surface area contributed by atoms with Crippen LogP contribution in [0, 0.1) is 34.8 Å². The second kappa shape index (κ2) is 12.8. The molecule has 2 rings (SSSR count). The minimum Gasteiger partial charge on any atom is -0.390 e. The molecule has 0 amide bonds. The number of hydrogen-bond acceptors (Lipinski definition) is 7. The first kappa shape index (κ1) is 29.6. The molecular weight excluding hydrogens is 438 g/mol. The number of aryl methyl sites for hydroxylation is 1. The van der Waals surface area contributed by atoms with E-state index >= 15 is 0 Å². The number of hydrogen-bond donors (Lipinski definition) is 3. The molecule has 1 aromatic rings. The van der Waals surface area contributed by atoms with E-state index in [-0.39, 0.29) is 5.69 Å². The topological polar surface area (TPSA) is 104 Å². The van der Waals surface area contributed by atoms with Gasteiger partial charge < -0.3 is 15.2 Å². The van der Waals surface area contributed by atoms with Crippen LogP contribution in [0.2, 0.25) is 0 Å². The summed E-state index contributed by atoms with van der Waals surface area (Å²) in [6, 6.07) is 5.20. The maximum Gasteiger partial charge on any atom is 0.270 e. The van der Waals surface area contributed by atoms with Crippen LogP contribution in [-0.4, -0.2) is 40.5 Å². The number of aldehydes is 1. The number of carbonyl (C=O) groups is 1. The number of nitrogens with zero attached hydrogens (tertiary/aromatic N) is 1. The van der Waals surface area contributed by atoms with Crippen molar-refractivity contribution in [1.82, 2.24) is 10.0 Å². The van der Waals surface area contributed by atoms with Gasteiger partial charge in [0.25, 0.3) is 5.69 Å². The molecule has 1 aliphatic rings. The SMILES string of the molecule is CCC(C)C(NC)C1CC(C)CC(C)(O)C1.Cc1ccc([N+](=O)[O-])cc1SNC(C)(C)C=O. The number of nitro groups is 1. The van der Waals surface area contributed by atoms with Crippen molar-refractivity contribution in [2.45, 2.75) is 96.2 Å². The van der Waals surface area contributed by atoms with Crippen LogP contribution >= 0.6 is 11.9 Å². The Balaban J connectivity index is 0.000000331. The van der Waals surface area contributed by atoms with Gasteiger partial charge >= 0.3 is 0 Å². The Morgan fingerprint density at radius 3 is 2.52 bits per heavy atom. The summed E-state index contributed by atoms with van der Waals surface area (Å²) in [7, 11) is 2.06. The second-order valence-electron chi connectivity index (χ2n) is 10.5. The molecule has 0 spiro atoms. The number of nitrogens with one attached hydrogen (secondary N) is 2. The van der Waals surface area contributed by atoms with Crippen molar-refractivity contribution in [2.75, 3.05) is 7.05 Å². The van der Waals surface area contributed by atoms with Crippen molar-refractivity contribution >= 4 is 23.9 Å². The van der Waals surface area contributed by atoms with Gasteiger partial charge in [-0.05, 0) is 89.3 Å². The van der Waals surface area contributed by atoms with Gasteiger partial charge in [0, 0.05) is 23.1 Å². The van der Waals surface area contributed by atoms with E-state index in [0.29, 0.717) is 23.8 Å². The van der Waals surface area contributed by atoms with E-state index in [1.807, 2.05) is 13.8 Å². The first-order valence-electron chi connectivity index (χ1n) is 11.8. The number of nitro benzene ring substituents is 1. The van der Waals surface area contributed by atoms with Gasteiger partial charge in [-0.15, -0.1) is 0 Å². The monoisotopic (exact) mass is 481 g/mol. The van der Waals surface area contributed by atoms with Crippen molar-refractivity contribution in [1.29, 1.82) is 0 Å². The summed E-state index contributed by atoms with van der Waals surface area (Å²) < 4.78 is 2.96. The molecule has 188 valence electrons. The highest BCUT2D eigenvalue weighted by Crippen LogP contribution is 2.39. The lowest BCUT2D eigenvalue weighted by molar-refractivity contribution is -0.385. The average Bonchev–Trinajstić information content (AvgIpc) is 2.72. The quantitative estimate of drug-likeness (QED) is 0.191. The molecule has 1 aromatic carbocycles. The number of non-ortho nitro benzene ring substituents is 1. The maximum atomic E-state index is 10.7. The van der Waals surface area contributed by atoms with Gasteiger partial charge in [0.05, 0.1) is 16.1 Å². The maximum absolute atomic E-state index is 10.7. The van der Waals surface area contributed by atoms with Crippen molar-refractivity contribution in [3.63, 3.8) is 0 Å². The molecule has 0 bridgehead atoms. The zero-order valence-electron chi connectivity index (χ0n) is 21.5. The van der Waals surface area contributed by atoms with E-state index in [4.69, 9.17) is 0 Å². The molecule has 1 aliphatic carbocycles. The molecule has 5 unspecified atom stereocenters. The lowest BCUT2D eigenvalue weighted by Crippen LogP contribution is -2.46. The van der Waals surface area contributed by atoms with Crippen LogP contribution in [-0.2, 0) is 4.79 Å². The van der Waals surface area contributed by atoms with E-state index in [1.54, 1.807) is 19.9 Å². The Bertz CT molecular complexity index is 785. The Kier molecular flexibility index (Phi) is 11.5. The first-order chi connectivity index (χ1) is 15.2. The Morgan fingerprint density at radius 1 is 1.39 bits per heavy atom. The number of aliphatic hydroxyl groups is 1. The van der Waals surface area contributed by atoms with E-state index in [9.17, 15) is 20.0 Å². The summed E-state index contributed by atoms with van der Waals surface area (Å²) in [5.41, 5.74) is -0.147. The molecule has 33 heavy (non-hydrogen) atoms. The standard InChI is InChI=1S/C14H29NO.C11H14N2O3S/c1-6-11(3)13(15-5)12-7-10(2)8-14(4,16)9-12;1-8-4-5-9(13(15)16)6-10(8)17-12-11(2,3)7-14/h10-13,15-16H,6-9H2,1-5H3;4-7,12H,1-3H3. The van der Waals surface area contributed by atoms with Crippen LogP contribution in [0.5, 0.6) is 0 Å². The summed E-state index contributed by atoms with van der Waals surface area (Å²) in [6.45, 7) is 14.2. The zero-order valence-corrected chi connectivity index (χ0v) is 22.3. The molecule has 5 atom stereocenters. The third-order valence-corrected chi connectivity index (χ3v) is 7.68. The van der Waals surface area contributed by atoms with Crippen molar-refractivity contribution in [3.05, 3.63) is 33.9 Å². The van der Waals surface area contributed by atoms with E-state index < -0.39 is 16.1 Å². The van der Waals surface area contributed by atoms with Crippen molar-refractivity contribution < 1.29 is 14.8 Å². The fraction of sp³-hybridized carbons (Fsp3) is 0.720. The molecule has 1 fully saturated rings. The zero-order chi connectivity index (χ0) is 25.4. The van der Waals surface area contributed by atoms with Crippen LogP contribution in [0.3, 0.4) is 0 Å². The predicted molar refractivity (Wildman–Crippen MR) is 136 cm³/mol. The Hall–Kier alpha value is -1.48. The summed E-state index contributed by atoms with van der Waals surface area (Å²) >= 11 is 1.22. The van der Waals surface area contributed by atoms with Gasteiger partial charge in [-0.25, -0.2) is 4.72 Å². The molecule has 0 heterocycles. The second-order valence-corrected chi connectivity index (χ2v) is 11.3. The van der Waals surface area contributed by atoms with Crippen molar-refractivity contribution in [3.8, 4) is 0 Å². The minimum atomic E-state index is -0.665. The van der Waals surface area contributed by atoms with Crippen LogP contribution in [0.4, 0.5) is 5.69 Å². The molecule has 1 saturated carbocycles. The fourth-order valence-electron chi connectivity index (χ4n) is 4.62. The molecule has 0 aromatic heterocycles. The van der Waals surface area contributed by atoms with Gasteiger partial charge in [0.1, 0.15) is 6.29 Å². The predicted octanol–water partition coefficient (Wildman–Crippen LogP) is 5.29. The Morgan fingerprint density at radius 2 is 2.03 bits per heavy atom. The van der Waals surface area contributed by atoms with E-state index in [0.717, 1.165) is 29.6 Å². The minimum absolute atomic E-state index is 0.0452. The molecular formula is C25H43N3O4S. The van der Waals surface area contributed by atoms with Gasteiger partial charge in [-0.1, -0.05) is 33.3 Å². The largest absolute Gasteiger partial charge is 0.390 e. The molecule has 0 aliphatic heterocycles. The molecule has 7 nitrogen and oxygen atoms in total. The lowest BCUT2D eigenvalue weighted by Gasteiger charge is -2.42. The number of carbonyl (C=O) groups excluding carboxylic acids is 1. The Labute approximate surface area is 203 Å². The van der Waals surface area contributed by atoms with Gasteiger partial charge in [-0.2, -0.15) is 0 Å². The number of rotatable bonds is 9. The van der Waals surface area contributed by atoms with E-state index in [1.165, 1.54) is 36.9 Å². The summed E-state index contributed by atoms with van der Waals surface area (Å²) in [5.74, 6) is 1.96. The third kappa shape index (κ3) is 9.73. The molecule has 8 heteroatoms. The molecule has 3 N–H and O–H groups in total. The van der Waals surface area contributed by atoms with Crippen LogP contribution < -0.4 is 10.0 Å². The summed E-state index contributed by atoms with van der Waals surface area (Å²) in [6.07, 6.45) is 5.17. The van der Waals surface area contributed by atoms with Gasteiger partial charge in [0.15, 0.2) is 0 Å².